The van der Waals surface area contributed by atoms with Gasteiger partial charge in [0.05, 0.1) is 0 Å². The summed E-state index contributed by atoms with van der Waals surface area (Å²) >= 11 is 5.77. The lowest BCUT2D eigenvalue weighted by atomic mass is 9.78. The van der Waals surface area contributed by atoms with Crippen LogP contribution in [0.4, 0.5) is 4.39 Å². The Bertz CT molecular complexity index is 394. The highest BCUT2D eigenvalue weighted by Crippen LogP contribution is 2.34. The summed E-state index contributed by atoms with van der Waals surface area (Å²) in [6, 6.07) is 5.05. The van der Waals surface area contributed by atoms with Gasteiger partial charge in [0.1, 0.15) is 5.82 Å². The quantitative estimate of drug-likeness (QED) is 0.619. The van der Waals surface area contributed by atoms with E-state index in [1.165, 1.54) is 44.6 Å². The minimum Gasteiger partial charge on any atom is -0.207 e. The number of rotatable bonds is 5. The summed E-state index contributed by atoms with van der Waals surface area (Å²) < 4.78 is 13.7. The van der Waals surface area contributed by atoms with Gasteiger partial charge in [0.15, 0.2) is 0 Å². The molecule has 0 nitrogen and oxygen atoms in total. The van der Waals surface area contributed by atoms with Gasteiger partial charge in [-0.25, -0.2) is 4.39 Å². The zero-order chi connectivity index (χ0) is 13.7. The molecule has 1 fully saturated rings. The van der Waals surface area contributed by atoms with Crippen molar-refractivity contribution in [3.05, 3.63) is 34.6 Å². The summed E-state index contributed by atoms with van der Waals surface area (Å²) in [6.07, 6.45) is 10.1. The highest BCUT2D eigenvalue weighted by atomic mass is 35.5. The maximum Gasteiger partial charge on any atom is 0.127 e. The third-order valence-corrected chi connectivity index (χ3v) is 4.74. The molecule has 2 rings (SSSR count). The third kappa shape index (κ3) is 4.49. The van der Waals surface area contributed by atoms with Gasteiger partial charge in [0.2, 0.25) is 0 Å². The fourth-order valence-corrected chi connectivity index (χ4v) is 3.46. The van der Waals surface area contributed by atoms with Crippen LogP contribution in [0.5, 0.6) is 0 Å². The molecule has 2 heteroatoms. The Hall–Kier alpha value is -0.560. The van der Waals surface area contributed by atoms with Crippen molar-refractivity contribution < 1.29 is 4.39 Å². The van der Waals surface area contributed by atoms with E-state index in [9.17, 15) is 4.39 Å². The Morgan fingerprint density at radius 3 is 2.32 bits per heavy atom. The summed E-state index contributed by atoms with van der Waals surface area (Å²) in [7, 11) is 0. The van der Waals surface area contributed by atoms with Gasteiger partial charge < -0.3 is 0 Å². The molecule has 0 saturated heterocycles. The second-order valence-electron chi connectivity index (χ2n) is 5.95. The van der Waals surface area contributed by atoms with E-state index in [1.807, 2.05) is 6.07 Å². The standard InChI is InChI=1S/C17H24ClF/c1-2-3-13-4-6-14(7-5-13)8-9-15-10-11-16(18)12-17(15)19/h10-14H,2-9H2,1H3. The molecule has 1 aromatic carbocycles. The first-order valence-electron chi connectivity index (χ1n) is 7.63. The van der Waals surface area contributed by atoms with Crippen LogP contribution in [0.3, 0.4) is 0 Å². The molecule has 0 bridgehead atoms. The van der Waals surface area contributed by atoms with Crippen LogP contribution in [0.2, 0.25) is 5.02 Å². The molecule has 0 spiro atoms. The minimum atomic E-state index is -0.146. The molecule has 1 saturated carbocycles. The second kappa shape index (κ2) is 7.28. The lowest BCUT2D eigenvalue weighted by Crippen LogP contribution is -2.15. The molecule has 0 atom stereocenters. The lowest BCUT2D eigenvalue weighted by Gasteiger charge is -2.28. The third-order valence-electron chi connectivity index (χ3n) is 4.50. The van der Waals surface area contributed by atoms with Crippen molar-refractivity contribution in [2.75, 3.05) is 0 Å². The van der Waals surface area contributed by atoms with Crippen LogP contribution in [0.25, 0.3) is 0 Å². The van der Waals surface area contributed by atoms with E-state index >= 15 is 0 Å². The van der Waals surface area contributed by atoms with Crippen molar-refractivity contribution in [2.45, 2.75) is 58.3 Å². The molecule has 106 valence electrons. The van der Waals surface area contributed by atoms with E-state index in [4.69, 9.17) is 11.6 Å². The largest absolute Gasteiger partial charge is 0.207 e. The first-order valence-corrected chi connectivity index (χ1v) is 8.00. The molecule has 0 radical (unpaired) electrons. The summed E-state index contributed by atoms with van der Waals surface area (Å²) in [4.78, 5) is 0. The first kappa shape index (κ1) is 14.8. The Kier molecular flexibility index (Phi) is 5.69. The van der Waals surface area contributed by atoms with Gasteiger partial charge >= 0.3 is 0 Å². The lowest BCUT2D eigenvalue weighted by molar-refractivity contribution is 0.252. The highest BCUT2D eigenvalue weighted by Gasteiger charge is 2.20. The molecule has 0 amide bonds. The summed E-state index contributed by atoms with van der Waals surface area (Å²) in [5.74, 6) is 1.60. The molecule has 1 aliphatic rings. The molecule has 1 aliphatic carbocycles. The van der Waals surface area contributed by atoms with Crippen molar-refractivity contribution >= 4 is 11.6 Å². The Morgan fingerprint density at radius 1 is 1.11 bits per heavy atom. The average Bonchev–Trinajstić information content (AvgIpc) is 2.40. The number of halogens is 2. The molecular formula is C17H24ClF. The zero-order valence-electron chi connectivity index (χ0n) is 11.8. The first-order chi connectivity index (χ1) is 9.19. The van der Waals surface area contributed by atoms with E-state index in [1.54, 1.807) is 6.07 Å². The molecule has 19 heavy (non-hydrogen) atoms. The number of benzene rings is 1. The van der Waals surface area contributed by atoms with E-state index in [0.717, 1.165) is 30.2 Å². The van der Waals surface area contributed by atoms with Crippen LogP contribution in [0.1, 0.15) is 57.4 Å². The Morgan fingerprint density at radius 2 is 1.74 bits per heavy atom. The smallest absolute Gasteiger partial charge is 0.127 e. The van der Waals surface area contributed by atoms with Gasteiger partial charge in [-0.1, -0.05) is 63.1 Å². The van der Waals surface area contributed by atoms with E-state index < -0.39 is 0 Å². The number of hydrogen-bond acceptors (Lipinski definition) is 0. The van der Waals surface area contributed by atoms with Gasteiger partial charge in [-0.2, -0.15) is 0 Å². The van der Waals surface area contributed by atoms with E-state index in [0.29, 0.717) is 5.02 Å². The van der Waals surface area contributed by atoms with Gasteiger partial charge in [-0.15, -0.1) is 0 Å². The predicted octanol–water partition coefficient (Wildman–Crippen LogP) is 6.02. The fourth-order valence-electron chi connectivity index (χ4n) is 3.30. The van der Waals surface area contributed by atoms with Gasteiger partial charge in [0, 0.05) is 5.02 Å². The van der Waals surface area contributed by atoms with Crippen molar-refractivity contribution in [3.8, 4) is 0 Å². The molecule has 0 aliphatic heterocycles. The van der Waals surface area contributed by atoms with Crippen LogP contribution in [0, 0.1) is 17.7 Å². The summed E-state index contributed by atoms with van der Waals surface area (Å²) in [5.41, 5.74) is 0.820. The van der Waals surface area contributed by atoms with Crippen molar-refractivity contribution in [1.29, 1.82) is 0 Å². The van der Waals surface area contributed by atoms with Crippen molar-refractivity contribution in [2.24, 2.45) is 11.8 Å². The summed E-state index contributed by atoms with van der Waals surface area (Å²) in [5, 5.41) is 0.487. The van der Waals surface area contributed by atoms with Gasteiger partial charge in [0.25, 0.3) is 0 Å². The Balaban J connectivity index is 1.77. The highest BCUT2D eigenvalue weighted by molar-refractivity contribution is 6.30. The van der Waals surface area contributed by atoms with Crippen LogP contribution in [-0.4, -0.2) is 0 Å². The zero-order valence-corrected chi connectivity index (χ0v) is 12.6. The predicted molar refractivity (Wildman–Crippen MR) is 80.1 cm³/mol. The molecule has 1 aromatic rings. The van der Waals surface area contributed by atoms with Crippen molar-refractivity contribution in [1.82, 2.24) is 0 Å². The fraction of sp³-hybridized carbons (Fsp3) is 0.647. The van der Waals surface area contributed by atoms with Gasteiger partial charge in [-0.3, -0.25) is 0 Å². The average molecular weight is 283 g/mol. The van der Waals surface area contributed by atoms with E-state index in [-0.39, 0.29) is 5.82 Å². The molecule has 0 heterocycles. The Labute approximate surface area is 121 Å². The molecular weight excluding hydrogens is 259 g/mol. The minimum absolute atomic E-state index is 0.146. The second-order valence-corrected chi connectivity index (χ2v) is 6.39. The number of hydrogen-bond donors (Lipinski definition) is 0. The SMILES string of the molecule is CCCC1CCC(CCc2ccc(Cl)cc2F)CC1. The number of aryl methyl sites for hydroxylation is 1. The van der Waals surface area contributed by atoms with Crippen LogP contribution < -0.4 is 0 Å². The van der Waals surface area contributed by atoms with Crippen LogP contribution in [0.15, 0.2) is 18.2 Å². The van der Waals surface area contributed by atoms with Crippen LogP contribution >= 0.6 is 11.6 Å². The molecule has 0 aromatic heterocycles. The van der Waals surface area contributed by atoms with E-state index in [2.05, 4.69) is 6.92 Å². The monoisotopic (exact) mass is 282 g/mol. The molecule has 0 N–H and O–H groups in total. The maximum atomic E-state index is 13.7. The normalized spacial score (nSPS) is 23.5. The van der Waals surface area contributed by atoms with Crippen molar-refractivity contribution in [3.63, 3.8) is 0 Å². The van der Waals surface area contributed by atoms with Crippen LogP contribution in [-0.2, 0) is 6.42 Å². The molecule has 0 unspecified atom stereocenters. The maximum absolute atomic E-state index is 13.7. The van der Waals surface area contributed by atoms with Gasteiger partial charge in [-0.05, 0) is 42.4 Å². The topological polar surface area (TPSA) is 0 Å². The summed E-state index contributed by atoms with van der Waals surface area (Å²) in [6.45, 7) is 2.27.